The maximum Gasteiger partial charge on any atom is 0.322 e. The molecule has 1 aromatic rings. The van der Waals surface area contributed by atoms with Gasteiger partial charge in [-0.25, -0.2) is 13.6 Å². The Hall–Kier alpha value is -1.69. The monoisotopic (exact) mass is 297 g/mol. The fraction of sp³-hybridized carbons (Fsp3) is 0.533. The Balaban J connectivity index is 2.07. The third-order valence-corrected chi connectivity index (χ3v) is 3.61. The summed E-state index contributed by atoms with van der Waals surface area (Å²) in [5, 5.41) is 5.80. The van der Waals surface area contributed by atoms with Crippen LogP contribution in [0.25, 0.3) is 0 Å². The molecule has 1 atom stereocenters. The minimum absolute atomic E-state index is 0.00581. The van der Waals surface area contributed by atoms with Crippen LogP contribution in [0.5, 0.6) is 0 Å². The third-order valence-electron chi connectivity index (χ3n) is 3.61. The molecule has 0 aliphatic carbocycles. The van der Waals surface area contributed by atoms with E-state index in [0.717, 1.165) is 44.5 Å². The van der Waals surface area contributed by atoms with Gasteiger partial charge >= 0.3 is 6.03 Å². The van der Waals surface area contributed by atoms with Crippen molar-refractivity contribution in [1.82, 2.24) is 10.2 Å². The highest BCUT2D eigenvalue weighted by atomic mass is 19.1. The largest absolute Gasteiger partial charge is 0.322 e. The highest BCUT2D eigenvalue weighted by Crippen LogP contribution is 2.18. The van der Waals surface area contributed by atoms with E-state index in [2.05, 4.69) is 10.6 Å². The van der Waals surface area contributed by atoms with E-state index in [0.29, 0.717) is 6.54 Å². The van der Waals surface area contributed by atoms with Crippen molar-refractivity contribution in [2.45, 2.75) is 32.2 Å². The molecule has 21 heavy (non-hydrogen) atoms. The summed E-state index contributed by atoms with van der Waals surface area (Å²) in [6, 6.07) is 2.91. The predicted octanol–water partition coefficient (Wildman–Crippen LogP) is 2.96. The van der Waals surface area contributed by atoms with Gasteiger partial charge in [-0.1, -0.05) is 6.92 Å². The number of rotatable bonds is 4. The molecule has 2 N–H and O–H groups in total. The van der Waals surface area contributed by atoms with Gasteiger partial charge in [-0.3, -0.25) is 0 Å². The molecule has 1 aliphatic heterocycles. The summed E-state index contributed by atoms with van der Waals surface area (Å²) in [7, 11) is 0. The standard InChI is InChI=1S/C15H21F2N3O/c1-2-8-20(12-4-3-7-18-10-12)15(21)19-14-6-5-11(16)9-13(14)17/h5-6,9,12,18H,2-4,7-8,10H2,1H3,(H,19,21). The van der Waals surface area contributed by atoms with E-state index in [1.807, 2.05) is 6.92 Å². The second-order valence-corrected chi connectivity index (χ2v) is 5.25. The summed E-state index contributed by atoms with van der Waals surface area (Å²) >= 11 is 0. The summed E-state index contributed by atoms with van der Waals surface area (Å²) in [6.07, 6.45) is 2.78. The molecule has 0 radical (unpaired) electrons. The van der Waals surface area contributed by atoms with Gasteiger partial charge in [0.2, 0.25) is 0 Å². The summed E-state index contributed by atoms with van der Waals surface area (Å²) in [6.45, 7) is 4.32. The summed E-state index contributed by atoms with van der Waals surface area (Å²) in [5.41, 5.74) is 0.00581. The molecule has 1 unspecified atom stereocenters. The van der Waals surface area contributed by atoms with Crippen LogP contribution in [0.15, 0.2) is 18.2 Å². The van der Waals surface area contributed by atoms with Crippen LogP contribution >= 0.6 is 0 Å². The second kappa shape index (κ2) is 7.36. The van der Waals surface area contributed by atoms with E-state index < -0.39 is 11.6 Å². The zero-order valence-electron chi connectivity index (χ0n) is 12.2. The number of benzene rings is 1. The lowest BCUT2D eigenvalue weighted by Crippen LogP contribution is -2.50. The van der Waals surface area contributed by atoms with Gasteiger partial charge in [-0.05, 0) is 37.9 Å². The quantitative estimate of drug-likeness (QED) is 0.897. The summed E-state index contributed by atoms with van der Waals surface area (Å²) in [5.74, 6) is -1.42. The van der Waals surface area contributed by atoms with E-state index >= 15 is 0 Å². The van der Waals surface area contributed by atoms with Gasteiger partial charge in [-0.2, -0.15) is 0 Å². The smallest absolute Gasteiger partial charge is 0.320 e. The number of nitrogens with zero attached hydrogens (tertiary/aromatic N) is 1. The van der Waals surface area contributed by atoms with Crippen molar-refractivity contribution in [3.63, 3.8) is 0 Å². The van der Waals surface area contributed by atoms with Gasteiger partial charge in [-0.15, -0.1) is 0 Å². The van der Waals surface area contributed by atoms with Crippen LogP contribution in [0.1, 0.15) is 26.2 Å². The molecule has 0 spiro atoms. The van der Waals surface area contributed by atoms with Crippen molar-refractivity contribution in [1.29, 1.82) is 0 Å². The molecule has 116 valence electrons. The Kier molecular flexibility index (Phi) is 5.50. The fourth-order valence-corrected chi connectivity index (χ4v) is 2.57. The minimum atomic E-state index is -0.762. The van der Waals surface area contributed by atoms with Gasteiger partial charge in [0, 0.05) is 25.2 Å². The number of urea groups is 1. The van der Waals surface area contributed by atoms with Crippen LogP contribution in [0.3, 0.4) is 0 Å². The Labute approximate surface area is 123 Å². The lowest BCUT2D eigenvalue weighted by Gasteiger charge is -2.34. The van der Waals surface area contributed by atoms with E-state index in [1.165, 1.54) is 6.07 Å². The van der Waals surface area contributed by atoms with Crippen LogP contribution in [0, 0.1) is 11.6 Å². The van der Waals surface area contributed by atoms with E-state index in [-0.39, 0.29) is 17.8 Å². The molecule has 2 amide bonds. The summed E-state index contributed by atoms with van der Waals surface area (Å²) < 4.78 is 26.5. The zero-order valence-corrected chi connectivity index (χ0v) is 12.2. The second-order valence-electron chi connectivity index (χ2n) is 5.25. The molecule has 6 heteroatoms. The number of carbonyl (C=O) groups is 1. The number of hydrogen-bond acceptors (Lipinski definition) is 2. The highest BCUT2D eigenvalue weighted by molar-refractivity contribution is 5.89. The highest BCUT2D eigenvalue weighted by Gasteiger charge is 2.25. The maximum atomic E-state index is 13.6. The number of carbonyl (C=O) groups excluding carboxylic acids is 1. The molecule has 0 aromatic heterocycles. The molecular formula is C15H21F2N3O. The molecule has 1 fully saturated rings. The SMILES string of the molecule is CCCN(C(=O)Nc1ccc(F)cc1F)C1CCCNC1. The van der Waals surface area contributed by atoms with Crippen molar-refractivity contribution in [2.75, 3.05) is 25.0 Å². The molecule has 4 nitrogen and oxygen atoms in total. The minimum Gasteiger partial charge on any atom is -0.320 e. The van der Waals surface area contributed by atoms with Crippen molar-refractivity contribution < 1.29 is 13.6 Å². The number of amides is 2. The average molecular weight is 297 g/mol. The van der Waals surface area contributed by atoms with Crippen molar-refractivity contribution in [3.8, 4) is 0 Å². The Morgan fingerprint density at radius 3 is 2.90 bits per heavy atom. The summed E-state index contributed by atoms with van der Waals surface area (Å²) in [4.78, 5) is 14.1. The van der Waals surface area contributed by atoms with Crippen LogP contribution in [0.2, 0.25) is 0 Å². The molecule has 1 saturated heterocycles. The van der Waals surface area contributed by atoms with Crippen LogP contribution < -0.4 is 10.6 Å². The topological polar surface area (TPSA) is 44.4 Å². The first-order valence-electron chi connectivity index (χ1n) is 7.35. The van der Waals surface area contributed by atoms with Gasteiger partial charge in [0.1, 0.15) is 11.6 Å². The average Bonchev–Trinajstić information content (AvgIpc) is 2.48. The molecule has 0 bridgehead atoms. The van der Waals surface area contributed by atoms with Gasteiger partial charge in [0.05, 0.1) is 5.69 Å². The molecule has 1 aromatic carbocycles. The first-order chi connectivity index (χ1) is 10.1. The Morgan fingerprint density at radius 1 is 1.48 bits per heavy atom. The third kappa shape index (κ3) is 4.14. The molecule has 1 aliphatic rings. The van der Waals surface area contributed by atoms with Crippen LogP contribution in [-0.2, 0) is 0 Å². The van der Waals surface area contributed by atoms with Crippen molar-refractivity contribution >= 4 is 11.7 Å². The number of anilines is 1. The molecule has 1 heterocycles. The fourth-order valence-electron chi connectivity index (χ4n) is 2.57. The van der Waals surface area contributed by atoms with Crippen LogP contribution in [-0.4, -0.2) is 36.6 Å². The van der Waals surface area contributed by atoms with Crippen LogP contribution in [0.4, 0.5) is 19.3 Å². The van der Waals surface area contributed by atoms with E-state index in [1.54, 1.807) is 4.90 Å². The molecule has 0 saturated carbocycles. The van der Waals surface area contributed by atoms with E-state index in [9.17, 15) is 13.6 Å². The van der Waals surface area contributed by atoms with E-state index in [4.69, 9.17) is 0 Å². The number of piperidine rings is 1. The number of hydrogen-bond donors (Lipinski definition) is 2. The lowest BCUT2D eigenvalue weighted by atomic mass is 10.1. The number of halogens is 2. The lowest BCUT2D eigenvalue weighted by molar-refractivity contribution is 0.173. The predicted molar refractivity (Wildman–Crippen MR) is 78.3 cm³/mol. The Bertz CT molecular complexity index is 490. The molecule has 2 rings (SSSR count). The Morgan fingerprint density at radius 2 is 2.29 bits per heavy atom. The van der Waals surface area contributed by atoms with Crippen molar-refractivity contribution in [3.05, 3.63) is 29.8 Å². The van der Waals surface area contributed by atoms with Gasteiger partial charge in [0.15, 0.2) is 0 Å². The first kappa shape index (κ1) is 15.7. The van der Waals surface area contributed by atoms with Gasteiger partial charge < -0.3 is 15.5 Å². The molecular weight excluding hydrogens is 276 g/mol. The maximum absolute atomic E-state index is 13.6. The zero-order chi connectivity index (χ0) is 15.2. The van der Waals surface area contributed by atoms with Gasteiger partial charge in [0.25, 0.3) is 0 Å². The van der Waals surface area contributed by atoms with Crippen molar-refractivity contribution in [2.24, 2.45) is 0 Å². The first-order valence-corrected chi connectivity index (χ1v) is 7.35. The number of nitrogens with one attached hydrogen (secondary N) is 2. The normalized spacial score (nSPS) is 18.3.